The maximum atomic E-state index is 13.2. The first-order valence-corrected chi connectivity index (χ1v) is 10.9. The lowest BCUT2D eigenvalue weighted by Gasteiger charge is -2.38. The van der Waals surface area contributed by atoms with E-state index in [0.717, 1.165) is 47.8 Å². The number of hydrogen-bond acceptors (Lipinski definition) is 5. The molecule has 0 aromatic carbocycles. The maximum absolute atomic E-state index is 13.2. The molecule has 1 aromatic rings. The van der Waals surface area contributed by atoms with E-state index in [9.17, 15) is 14.4 Å². The average molecular weight is 405 g/mol. The SMILES string of the molecule is CCN1CCCCC1C(=O)N1CCc2c(sc3c2C(=O)N(C)CC(=O)N3C)C1. The molecule has 28 heavy (non-hydrogen) atoms. The molecule has 3 amide bonds. The Hall–Kier alpha value is -1.93. The lowest BCUT2D eigenvalue weighted by Crippen LogP contribution is -2.51. The smallest absolute Gasteiger partial charge is 0.257 e. The molecule has 3 aliphatic rings. The Morgan fingerprint density at radius 3 is 2.68 bits per heavy atom. The highest BCUT2D eigenvalue weighted by atomic mass is 32.1. The van der Waals surface area contributed by atoms with Crippen molar-refractivity contribution in [1.82, 2.24) is 14.7 Å². The van der Waals surface area contributed by atoms with E-state index in [0.29, 0.717) is 25.1 Å². The number of piperidine rings is 1. The van der Waals surface area contributed by atoms with Crippen molar-refractivity contribution in [2.45, 2.75) is 45.2 Å². The quantitative estimate of drug-likeness (QED) is 0.750. The fraction of sp³-hybridized carbons (Fsp3) is 0.650. The normalized spacial score (nSPS) is 23.5. The van der Waals surface area contributed by atoms with Crippen LogP contribution < -0.4 is 4.90 Å². The number of anilines is 1. The Kier molecular flexibility index (Phi) is 5.18. The minimum atomic E-state index is -0.0885. The number of carbonyl (C=O) groups is 3. The van der Waals surface area contributed by atoms with Crippen molar-refractivity contribution in [3.63, 3.8) is 0 Å². The van der Waals surface area contributed by atoms with E-state index in [1.807, 2.05) is 4.90 Å². The van der Waals surface area contributed by atoms with Gasteiger partial charge in [-0.1, -0.05) is 13.3 Å². The van der Waals surface area contributed by atoms with Crippen LogP contribution in [0.15, 0.2) is 0 Å². The summed E-state index contributed by atoms with van der Waals surface area (Å²) in [6, 6.07) is -0.0184. The van der Waals surface area contributed by atoms with Gasteiger partial charge in [0.25, 0.3) is 5.91 Å². The lowest BCUT2D eigenvalue weighted by atomic mass is 9.98. The summed E-state index contributed by atoms with van der Waals surface area (Å²) in [7, 11) is 3.41. The molecule has 0 radical (unpaired) electrons. The van der Waals surface area contributed by atoms with Crippen LogP contribution in [-0.2, 0) is 22.6 Å². The fourth-order valence-electron chi connectivity index (χ4n) is 4.58. The molecule has 4 heterocycles. The van der Waals surface area contributed by atoms with Gasteiger partial charge in [-0.2, -0.15) is 0 Å². The van der Waals surface area contributed by atoms with E-state index in [1.165, 1.54) is 16.2 Å². The Morgan fingerprint density at radius 1 is 1.14 bits per heavy atom. The predicted molar refractivity (Wildman–Crippen MR) is 109 cm³/mol. The second-order valence-corrected chi connectivity index (χ2v) is 9.03. The molecule has 7 nitrogen and oxygen atoms in total. The third kappa shape index (κ3) is 3.12. The molecule has 4 rings (SSSR count). The first kappa shape index (κ1) is 19.4. The molecule has 0 bridgehead atoms. The molecule has 3 aliphatic heterocycles. The second-order valence-electron chi connectivity index (χ2n) is 7.95. The van der Waals surface area contributed by atoms with Crippen LogP contribution in [0.1, 0.15) is 47.0 Å². The number of likely N-dealkylation sites (N-methyl/N-ethyl adjacent to an activating group) is 3. The van der Waals surface area contributed by atoms with Gasteiger partial charge in [-0.05, 0) is 37.9 Å². The van der Waals surface area contributed by atoms with Gasteiger partial charge in [0, 0.05) is 25.5 Å². The molecule has 1 fully saturated rings. The summed E-state index contributed by atoms with van der Waals surface area (Å²) in [4.78, 5) is 46.8. The van der Waals surface area contributed by atoms with E-state index in [-0.39, 0.29) is 30.3 Å². The monoisotopic (exact) mass is 404 g/mol. The molecule has 8 heteroatoms. The maximum Gasteiger partial charge on any atom is 0.257 e. The molecule has 0 aliphatic carbocycles. The number of amides is 3. The third-order valence-corrected chi connectivity index (χ3v) is 7.56. The van der Waals surface area contributed by atoms with E-state index >= 15 is 0 Å². The Bertz CT molecular complexity index is 821. The third-order valence-electron chi connectivity index (χ3n) is 6.27. The number of likely N-dealkylation sites (tertiary alicyclic amines) is 1. The van der Waals surface area contributed by atoms with Crippen LogP contribution in [-0.4, -0.2) is 78.7 Å². The molecule has 1 saturated heterocycles. The van der Waals surface area contributed by atoms with Crippen LogP contribution in [0.2, 0.25) is 0 Å². The molecule has 152 valence electrons. The number of hydrogen-bond donors (Lipinski definition) is 0. The van der Waals surface area contributed by atoms with Gasteiger partial charge in [0.05, 0.1) is 18.2 Å². The molecule has 1 unspecified atom stereocenters. The van der Waals surface area contributed by atoms with Crippen LogP contribution in [0, 0.1) is 0 Å². The number of carbonyl (C=O) groups excluding carboxylic acids is 3. The molecule has 1 aromatic heterocycles. The molecular weight excluding hydrogens is 376 g/mol. The van der Waals surface area contributed by atoms with Crippen molar-refractivity contribution in [3.05, 3.63) is 16.0 Å². The van der Waals surface area contributed by atoms with Crippen LogP contribution in [0.4, 0.5) is 5.00 Å². The summed E-state index contributed by atoms with van der Waals surface area (Å²) < 4.78 is 0. The first-order chi connectivity index (χ1) is 13.4. The molecule has 0 N–H and O–H groups in total. The van der Waals surface area contributed by atoms with Crippen LogP contribution in [0.5, 0.6) is 0 Å². The summed E-state index contributed by atoms with van der Waals surface area (Å²) in [5.41, 5.74) is 1.69. The van der Waals surface area contributed by atoms with Crippen molar-refractivity contribution in [2.75, 3.05) is 45.2 Å². The highest BCUT2D eigenvalue weighted by Gasteiger charge is 2.38. The van der Waals surface area contributed by atoms with Crippen molar-refractivity contribution < 1.29 is 14.4 Å². The molecule has 0 spiro atoms. The Labute approximate surface area is 169 Å². The number of fused-ring (bicyclic) bond motifs is 3. The molecular formula is C20H28N4O3S. The van der Waals surface area contributed by atoms with Gasteiger partial charge in [0.1, 0.15) is 11.5 Å². The minimum Gasteiger partial charge on any atom is -0.336 e. The van der Waals surface area contributed by atoms with Crippen molar-refractivity contribution >= 4 is 34.1 Å². The van der Waals surface area contributed by atoms with Crippen LogP contribution in [0.3, 0.4) is 0 Å². The molecule has 0 saturated carbocycles. The highest BCUT2D eigenvalue weighted by Crippen LogP contribution is 2.41. The van der Waals surface area contributed by atoms with E-state index in [2.05, 4.69) is 11.8 Å². The first-order valence-electron chi connectivity index (χ1n) is 10.1. The summed E-state index contributed by atoms with van der Waals surface area (Å²) in [5, 5.41) is 0.728. The van der Waals surface area contributed by atoms with Gasteiger partial charge in [-0.3, -0.25) is 19.3 Å². The van der Waals surface area contributed by atoms with Crippen molar-refractivity contribution in [3.8, 4) is 0 Å². The summed E-state index contributed by atoms with van der Waals surface area (Å²) >= 11 is 1.49. The lowest BCUT2D eigenvalue weighted by molar-refractivity contribution is -0.139. The Balaban J connectivity index is 1.61. The van der Waals surface area contributed by atoms with E-state index in [1.54, 1.807) is 19.0 Å². The largest absolute Gasteiger partial charge is 0.336 e. The van der Waals surface area contributed by atoms with Gasteiger partial charge >= 0.3 is 0 Å². The van der Waals surface area contributed by atoms with Gasteiger partial charge in [-0.15, -0.1) is 11.3 Å². The standard InChI is InChI=1S/C20H28N4O3S/c1-4-23-9-6-5-7-14(23)18(26)24-10-8-13-15(11-24)28-20-17(13)19(27)21(2)12-16(25)22(20)3/h14H,4-12H2,1-3H3. The zero-order valence-corrected chi connectivity index (χ0v) is 17.7. The van der Waals surface area contributed by atoms with Crippen LogP contribution in [0.25, 0.3) is 0 Å². The zero-order valence-electron chi connectivity index (χ0n) is 16.9. The topological polar surface area (TPSA) is 64.2 Å². The van der Waals surface area contributed by atoms with Gasteiger partial charge in [-0.25, -0.2) is 0 Å². The second kappa shape index (κ2) is 7.48. The zero-order chi connectivity index (χ0) is 20.0. The van der Waals surface area contributed by atoms with Gasteiger partial charge in [0.15, 0.2) is 0 Å². The number of nitrogens with zero attached hydrogens (tertiary/aromatic N) is 4. The van der Waals surface area contributed by atoms with Gasteiger partial charge in [0.2, 0.25) is 11.8 Å². The number of rotatable bonds is 2. The van der Waals surface area contributed by atoms with E-state index in [4.69, 9.17) is 0 Å². The van der Waals surface area contributed by atoms with Crippen molar-refractivity contribution in [1.29, 1.82) is 0 Å². The minimum absolute atomic E-state index is 0.0184. The number of thiophene rings is 1. The summed E-state index contributed by atoms with van der Waals surface area (Å²) in [6.45, 7) is 5.29. The van der Waals surface area contributed by atoms with E-state index < -0.39 is 0 Å². The summed E-state index contributed by atoms with van der Waals surface area (Å²) in [5.74, 6) is 0.0417. The Morgan fingerprint density at radius 2 is 1.93 bits per heavy atom. The van der Waals surface area contributed by atoms with Crippen LogP contribution >= 0.6 is 11.3 Å². The summed E-state index contributed by atoms with van der Waals surface area (Å²) in [6.07, 6.45) is 3.87. The fourth-order valence-corrected chi connectivity index (χ4v) is 5.91. The highest BCUT2D eigenvalue weighted by molar-refractivity contribution is 7.17. The predicted octanol–water partition coefficient (Wildman–Crippen LogP) is 1.56. The van der Waals surface area contributed by atoms with Gasteiger partial charge < -0.3 is 14.7 Å². The average Bonchev–Trinajstić information content (AvgIpc) is 3.07. The molecule has 1 atom stereocenters. The van der Waals surface area contributed by atoms with Crippen molar-refractivity contribution in [2.24, 2.45) is 0 Å².